The van der Waals surface area contributed by atoms with Gasteiger partial charge in [0.2, 0.25) is 0 Å². The van der Waals surface area contributed by atoms with Crippen LogP contribution < -0.4 is 5.32 Å². The number of thiophene rings is 1. The van der Waals surface area contributed by atoms with E-state index in [1.165, 1.54) is 16.9 Å². The van der Waals surface area contributed by atoms with Crippen LogP contribution in [-0.4, -0.2) is 18.0 Å². The van der Waals surface area contributed by atoms with E-state index in [-0.39, 0.29) is 18.0 Å². The van der Waals surface area contributed by atoms with E-state index in [0.717, 1.165) is 11.1 Å². The molecule has 1 N–H and O–H groups in total. The fourth-order valence-electron chi connectivity index (χ4n) is 2.61. The summed E-state index contributed by atoms with van der Waals surface area (Å²) in [7, 11) is 0. The number of anilines is 1. The van der Waals surface area contributed by atoms with Crippen molar-refractivity contribution in [3.8, 4) is 11.1 Å². The predicted octanol–water partition coefficient (Wildman–Crippen LogP) is 5.54. The largest absolute Gasteiger partial charge is 0.459 e. The Hall–Kier alpha value is -2.92. The number of hydrogen-bond donors (Lipinski definition) is 1. The summed E-state index contributed by atoms with van der Waals surface area (Å²) in [5.74, 6) is -0.541. The third-order valence-electron chi connectivity index (χ3n) is 3.96. The maximum absolute atomic E-state index is 12.7. The first-order chi connectivity index (χ1) is 12.9. The summed E-state index contributed by atoms with van der Waals surface area (Å²) >= 11 is 1.40. The zero-order valence-electron chi connectivity index (χ0n) is 15.5. The van der Waals surface area contributed by atoms with E-state index in [2.05, 4.69) is 5.32 Å². The van der Waals surface area contributed by atoms with Gasteiger partial charge in [0.25, 0.3) is 5.91 Å². The summed E-state index contributed by atoms with van der Waals surface area (Å²) in [4.78, 5) is 25.3. The van der Waals surface area contributed by atoms with Crippen LogP contribution in [-0.2, 0) is 4.74 Å². The third-order valence-corrected chi connectivity index (χ3v) is 4.87. The van der Waals surface area contributed by atoms with Crippen LogP contribution in [0.25, 0.3) is 11.1 Å². The standard InChI is InChI=1S/C22H21NO3S/c1-14(2)26-22(25)17-8-10-18(11-9-17)23-21(24)20-19(12-13-27-20)16-6-4-15(3)5-7-16/h4-14H,1-3H3,(H,23,24). The first kappa shape index (κ1) is 18.9. The van der Waals surface area contributed by atoms with Gasteiger partial charge in [-0.3, -0.25) is 4.79 Å². The molecule has 0 fully saturated rings. The highest BCUT2D eigenvalue weighted by Crippen LogP contribution is 2.29. The summed E-state index contributed by atoms with van der Waals surface area (Å²) in [6.07, 6.45) is -0.170. The summed E-state index contributed by atoms with van der Waals surface area (Å²) in [5, 5.41) is 4.80. The van der Waals surface area contributed by atoms with Crippen molar-refractivity contribution in [3.63, 3.8) is 0 Å². The van der Waals surface area contributed by atoms with Gasteiger partial charge in [-0.2, -0.15) is 0 Å². The molecule has 1 amide bonds. The van der Waals surface area contributed by atoms with Gasteiger partial charge in [0.05, 0.1) is 16.5 Å². The zero-order chi connectivity index (χ0) is 19.4. The lowest BCUT2D eigenvalue weighted by Gasteiger charge is -2.09. The Labute approximate surface area is 162 Å². The van der Waals surface area contributed by atoms with Gasteiger partial charge in [-0.15, -0.1) is 11.3 Å². The normalized spacial score (nSPS) is 10.7. The molecule has 0 aliphatic rings. The Bertz CT molecular complexity index is 940. The quantitative estimate of drug-likeness (QED) is 0.592. The number of carbonyl (C=O) groups is 2. The van der Waals surface area contributed by atoms with Gasteiger partial charge in [-0.25, -0.2) is 4.79 Å². The van der Waals surface area contributed by atoms with Crippen molar-refractivity contribution in [1.82, 2.24) is 0 Å². The molecule has 27 heavy (non-hydrogen) atoms. The molecule has 0 atom stereocenters. The number of ether oxygens (including phenoxy) is 1. The molecule has 0 saturated heterocycles. The van der Waals surface area contributed by atoms with E-state index in [4.69, 9.17) is 4.74 Å². The molecule has 0 unspecified atom stereocenters. The number of aryl methyl sites for hydroxylation is 1. The van der Waals surface area contributed by atoms with E-state index < -0.39 is 0 Å². The van der Waals surface area contributed by atoms with Crippen LogP contribution in [0.15, 0.2) is 60.0 Å². The number of amides is 1. The van der Waals surface area contributed by atoms with Crippen LogP contribution in [0.5, 0.6) is 0 Å². The predicted molar refractivity (Wildman–Crippen MR) is 109 cm³/mol. The van der Waals surface area contributed by atoms with Crippen LogP contribution in [0.1, 0.15) is 39.4 Å². The number of carbonyl (C=O) groups excluding carboxylic acids is 2. The summed E-state index contributed by atoms with van der Waals surface area (Å²) in [5.41, 5.74) is 4.19. The second kappa shape index (κ2) is 8.18. The molecule has 5 heteroatoms. The average Bonchev–Trinajstić information content (AvgIpc) is 3.12. The van der Waals surface area contributed by atoms with Crippen LogP contribution in [0.2, 0.25) is 0 Å². The fraction of sp³-hybridized carbons (Fsp3) is 0.182. The highest BCUT2D eigenvalue weighted by atomic mass is 32.1. The van der Waals surface area contributed by atoms with Gasteiger partial charge in [-0.05, 0) is 62.0 Å². The molecule has 0 spiro atoms. The third kappa shape index (κ3) is 4.63. The molecule has 2 aromatic carbocycles. The van der Waals surface area contributed by atoms with Gasteiger partial charge < -0.3 is 10.1 Å². The molecular weight excluding hydrogens is 358 g/mol. The maximum Gasteiger partial charge on any atom is 0.338 e. The van der Waals surface area contributed by atoms with Crippen molar-refractivity contribution < 1.29 is 14.3 Å². The van der Waals surface area contributed by atoms with E-state index in [1.54, 1.807) is 38.1 Å². The van der Waals surface area contributed by atoms with Gasteiger partial charge >= 0.3 is 5.97 Å². The number of benzene rings is 2. The van der Waals surface area contributed by atoms with Crippen LogP contribution in [0, 0.1) is 6.92 Å². The SMILES string of the molecule is Cc1ccc(-c2ccsc2C(=O)Nc2ccc(C(=O)OC(C)C)cc2)cc1. The topological polar surface area (TPSA) is 55.4 Å². The Kier molecular flexibility index (Phi) is 5.72. The van der Waals surface area contributed by atoms with Crippen LogP contribution >= 0.6 is 11.3 Å². The molecule has 0 aliphatic heterocycles. The number of hydrogen-bond acceptors (Lipinski definition) is 4. The Balaban J connectivity index is 1.74. The van der Waals surface area contributed by atoms with E-state index >= 15 is 0 Å². The monoisotopic (exact) mass is 379 g/mol. The molecular formula is C22H21NO3S. The lowest BCUT2D eigenvalue weighted by molar-refractivity contribution is 0.0378. The minimum Gasteiger partial charge on any atom is -0.459 e. The minimum absolute atomic E-state index is 0.168. The van der Waals surface area contributed by atoms with Crippen molar-refractivity contribution in [2.75, 3.05) is 5.32 Å². The number of nitrogens with one attached hydrogen (secondary N) is 1. The first-order valence-electron chi connectivity index (χ1n) is 8.71. The van der Waals surface area contributed by atoms with Gasteiger partial charge in [0.15, 0.2) is 0 Å². The molecule has 1 heterocycles. The Morgan fingerprint density at radius 1 is 0.963 bits per heavy atom. The molecule has 1 aromatic heterocycles. The Morgan fingerprint density at radius 2 is 1.63 bits per heavy atom. The second-order valence-electron chi connectivity index (χ2n) is 6.51. The van der Waals surface area contributed by atoms with Crippen LogP contribution in [0.3, 0.4) is 0 Å². The van der Waals surface area contributed by atoms with Gasteiger partial charge in [0.1, 0.15) is 0 Å². The second-order valence-corrected chi connectivity index (χ2v) is 7.43. The molecule has 0 bridgehead atoms. The average molecular weight is 379 g/mol. The van der Waals surface area contributed by atoms with Crippen molar-refractivity contribution in [2.24, 2.45) is 0 Å². The lowest BCUT2D eigenvalue weighted by atomic mass is 10.0. The van der Waals surface area contributed by atoms with Crippen molar-refractivity contribution in [1.29, 1.82) is 0 Å². The molecule has 0 saturated carbocycles. The highest BCUT2D eigenvalue weighted by Gasteiger charge is 2.15. The maximum atomic E-state index is 12.7. The van der Waals surface area contributed by atoms with E-state index in [0.29, 0.717) is 16.1 Å². The molecule has 4 nitrogen and oxygen atoms in total. The van der Waals surface area contributed by atoms with Crippen molar-refractivity contribution in [2.45, 2.75) is 26.9 Å². The number of rotatable bonds is 5. The smallest absolute Gasteiger partial charge is 0.338 e. The van der Waals surface area contributed by atoms with Crippen molar-refractivity contribution >= 4 is 28.9 Å². The van der Waals surface area contributed by atoms with Crippen LogP contribution in [0.4, 0.5) is 5.69 Å². The molecule has 3 rings (SSSR count). The van der Waals surface area contributed by atoms with Crippen molar-refractivity contribution in [3.05, 3.63) is 76.0 Å². The fourth-order valence-corrected chi connectivity index (χ4v) is 3.42. The summed E-state index contributed by atoms with van der Waals surface area (Å²) in [6, 6.07) is 16.8. The molecule has 0 aliphatic carbocycles. The summed E-state index contributed by atoms with van der Waals surface area (Å²) < 4.78 is 5.16. The minimum atomic E-state index is -0.372. The summed E-state index contributed by atoms with van der Waals surface area (Å²) in [6.45, 7) is 5.64. The number of esters is 1. The van der Waals surface area contributed by atoms with Gasteiger partial charge in [-0.1, -0.05) is 29.8 Å². The molecule has 3 aromatic rings. The van der Waals surface area contributed by atoms with Gasteiger partial charge in [0, 0.05) is 11.3 Å². The molecule has 138 valence electrons. The first-order valence-corrected chi connectivity index (χ1v) is 9.59. The zero-order valence-corrected chi connectivity index (χ0v) is 16.3. The molecule has 0 radical (unpaired) electrons. The lowest BCUT2D eigenvalue weighted by Crippen LogP contribution is -2.13. The highest BCUT2D eigenvalue weighted by molar-refractivity contribution is 7.12. The van der Waals surface area contributed by atoms with E-state index in [9.17, 15) is 9.59 Å². The van der Waals surface area contributed by atoms with E-state index in [1.807, 2.05) is 42.6 Å². The Morgan fingerprint density at radius 3 is 2.26 bits per heavy atom.